The number of aryl methyl sites for hydroxylation is 2. The summed E-state index contributed by atoms with van der Waals surface area (Å²) in [6, 6.07) is 7.91. The predicted octanol–water partition coefficient (Wildman–Crippen LogP) is 3.87. The van der Waals surface area contributed by atoms with Crippen LogP contribution in [-0.4, -0.2) is 14.2 Å². The van der Waals surface area contributed by atoms with Crippen LogP contribution in [-0.2, 0) is 0 Å². The SMILES string of the molecule is CNC(c1ccc(Cl)c(OC)c1)c1cc(C)oc1C. The second-order valence-electron chi connectivity index (χ2n) is 4.48. The van der Waals surface area contributed by atoms with Crippen LogP contribution >= 0.6 is 11.6 Å². The lowest BCUT2D eigenvalue weighted by Crippen LogP contribution is -2.17. The van der Waals surface area contributed by atoms with Crippen LogP contribution < -0.4 is 10.1 Å². The van der Waals surface area contributed by atoms with E-state index in [0.717, 1.165) is 22.6 Å². The van der Waals surface area contributed by atoms with Gasteiger partial charge >= 0.3 is 0 Å². The first-order valence-corrected chi connectivity index (χ1v) is 6.52. The van der Waals surface area contributed by atoms with Crippen molar-refractivity contribution in [2.24, 2.45) is 0 Å². The molecule has 0 saturated carbocycles. The van der Waals surface area contributed by atoms with Crippen LogP contribution in [0.15, 0.2) is 28.7 Å². The van der Waals surface area contributed by atoms with Gasteiger partial charge in [0.2, 0.25) is 0 Å². The Labute approximate surface area is 118 Å². The van der Waals surface area contributed by atoms with Gasteiger partial charge in [-0.25, -0.2) is 0 Å². The monoisotopic (exact) mass is 279 g/mol. The zero-order valence-electron chi connectivity index (χ0n) is 11.6. The molecule has 0 amide bonds. The molecule has 3 nitrogen and oxygen atoms in total. The fraction of sp³-hybridized carbons (Fsp3) is 0.333. The molecule has 0 radical (unpaired) electrons. The number of benzene rings is 1. The van der Waals surface area contributed by atoms with Crippen LogP contribution in [0.2, 0.25) is 5.02 Å². The van der Waals surface area contributed by atoms with Crippen molar-refractivity contribution < 1.29 is 9.15 Å². The van der Waals surface area contributed by atoms with E-state index < -0.39 is 0 Å². The van der Waals surface area contributed by atoms with E-state index in [9.17, 15) is 0 Å². The summed E-state index contributed by atoms with van der Waals surface area (Å²) in [7, 11) is 3.54. The van der Waals surface area contributed by atoms with E-state index >= 15 is 0 Å². The number of methoxy groups -OCH3 is 1. The van der Waals surface area contributed by atoms with E-state index in [4.69, 9.17) is 20.8 Å². The van der Waals surface area contributed by atoms with Gasteiger partial charge in [-0.1, -0.05) is 17.7 Å². The van der Waals surface area contributed by atoms with Crippen molar-refractivity contribution in [1.29, 1.82) is 0 Å². The van der Waals surface area contributed by atoms with Gasteiger partial charge in [-0.2, -0.15) is 0 Å². The molecule has 0 aliphatic heterocycles. The summed E-state index contributed by atoms with van der Waals surface area (Å²) >= 11 is 6.06. The molecule has 2 aromatic rings. The smallest absolute Gasteiger partial charge is 0.137 e. The van der Waals surface area contributed by atoms with Gasteiger partial charge in [0.1, 0.15) is 17.3 Å². The van der Waals surface area contributed by atoms with Gasteiger partial charge < -0.3 is 14.5 Å². The topological polar surface area (TPSA) is 34.4 Å². The van der Waals surface area contributed by atoms with E-state index in [2.05, 4.69) is 11.4 Å². The lowest BCUT2D eigenvalue weighted by Gasteiger charge is -2.17. The first-order valence-electron chi connectivity index (χ1n) is 6.14. The largest absolute Gasteiger partial charge is 0.495 e. The molecule has 0 saturated heterocycles. The molecule has 0 spiro atoms. The highest BCUT2D eigenvalue weighted by Gasteiger charge is 2.18. The Kier molecular flexibility index (Phi) is 4.17. The normalized spacial score (nSPS) is 12.5. The molecule has 0 bridgehead atoms. The van der Waals surface area contributed by atoms with Crippen LogP contribution in [0.5, 0.6) is 5.75 Å². The van der Waals surface area contributed by atoms with Gasteiger partial charge in [0, 0.05) is 5.56 Å². The molecule has 0 aliphatic rings. The highest BCUT2D eigenvalue weighted by molar-refractivity contribution is 6.32. The van der Waals surface area contributed by atoms with Crippen molar-refractivity contribution in [1.82, 2.24) is 5.32 Å². The molecule has 0 aliphatic carbocycles. The maximum Gasteiger partial charge on any atom is 0.137 e. The fourth-order valence-electron chi connectivity index (χ4n) is 2.29. The molecular formula is C15H18ClNO2. The van der Waals surface area contributed by atoms with Gasteiger partial charge in [0.05, 0.1) is 18.2 Å². The maximum absolute atomic E-state index is 6.06. The summed E-state index contributed by atoms with van der Waals surface area (Å²) < 4.78 is 10.9. The third-order valence-electron chi connectivity index (χ3n) is 3.19. The Morgan fingerprint density at radius 3 is 2.53 bits per heavy atom. The number of furan rings is 1. The Hall–Kier alpha value is -1.45. The number of hydrogen-bond donors (Lipinski definition) is 1. The van der Waals surface area contributed by atoms with Gasteiger partial charge in [0.25, 0.3) is 0 Å². The van der Waals surface area contributed by atoms with E-state index in [0.29, 0.717) is 10.8 Å². The van der Waals surface area contributed by atoms with E-state index in [1.54, 1.807) is 7.11 Å². The van der Waals surface area contributed by atoms with Crippen LogP contribution in [0.4, 0.5) is 0 Å². The molecule has 102 valence electrons. The average molecular weight is 280 g/mol. The molecule has 2 rings (SSSR count). The minimum absolute atomic E-state index is 0.0589. The molecule has 0 fully saturated rings. The summed E-state index contributed by atoms with van der Waals surface area (Å²) in [4.78, 5) is 0. The summed E-state index contributed by atoms with van der Waals surface area (Å²) in [5.74, 6) is 2.51. The molecular weight excluding hydrogens is 262 g/mol. The number of rotatable bonds is 4. The minimum atomic E-state index is 0.0589. The second-order valence-corrected chi connectivity index (χ2v) is 4.89. The number of ether oxygens (including phenoxy) is 1. The zero-order chi connectivity index (χ0) is 14.0. The first-order chi connectivity index (χ1) is 9.06. The molecule has 4 heteroatoms. The molecule has 1 unspecified atom stereocenters. The third-order valence-corrected chi connectivity index (χ3v) is 3.50. The van der Waals surface area contributed by atoms with Gasteiger partial charge in [-0.3, -0.25) is 0 Å². The number of hydrogen-bond acceptors (Lipinski definition) is 3. The summed E-state index contributed by atoms with van der Waals surface area (Å²) in [6.45, 7) is 3.92. The van der Waals surface area contributed by atoms with E-state index in [-0.39, 0.29) is 6.04 Å². The Balaban J connectivity index is 2.45. The van der Waals surface area contributed by atoms with Crippen molar-refractivity contribution in [2.45, 2.75) is 19.9 Å². The van der Waals surface area contributed by atoms with Gasteiger partial charge in [-0.05, 0) is 44.7 Å². The van der Waals surface area contributed by atoms with Crippen LogP contribution in [0.1, 0.15) is 28.7 Å². The summed E-state index contributed by atoms with van der Waals surface area (Å²) in [5, 5.41) is 3.91. The second kappa shape index (κ2) is 5.68. The highest BCUT2D eigenvalue weighted by Crippen LogP contribution is 2.32. The Bertz CT molecular complexity index is 578. The number of halogens is 1. The zero-order valence-corrected chi connectivity index (χ0v) is 12.3. The number of nitrogens with one attached hydrogen (secondary N) is 1. The predicted molar refractivity (Wildman–Crippen MR) is 77.1 cm³/mol. The summed E-state index contributed by atoms with van der Waals surface area (Å²) in [5.41, 5.74) is 2.22. The quantitative estimate of drug-likeness (QED) is 0.923. The Morgan fingerprint density at radius 2 is 2.00 bits per heavy atom. The maximum atomic E-state index is 6.06. The van der Waals surface area contributed by atoms with Crippen molar-refractivity contribution in [2.75, 3.05) is 14.2 Å². The fourth-order valence-corrected chi connectivity index (χ4v) is 2.49. The van der Waals surface area contributed by atoms with E-state index in [1.807, 2.05) is 39.1 Å². The molecule has 1 aromatic heterocycles. The van der Waals surface area contributed by atoms with Crippen LogP contribution in [0.3, 0.4) is 0 Å². The standard InChI is InChI=1S/C15H18ClNO2/c1-9-7-12(10(2)19-9)15(17-3)11-5-6-13(16)14(8-11)18-4/h5-8,15,17H,1-4H3. The van der Waals surface area contributed by atoms with Crippen molar-refractivity contribution in [3.05, 3.63) is 51.9 Å². The highest BCUT2D eigenvalue weighted by atomic mass is 35.5. The van der Waals surface area contributed by atoms with Gasteiger partial charge in [0.15, 0.2) is 0 Å². The first kappa shape index (κ1) is 14.0. The molecule has 1 N–H and O–H groups in total. The minimum Gasteiger partial charge on any atom is -0.495 e. The lowest BCUT2D eigenvalue weighted by molar-refractivity contribution is 0.414. The molecule has 1 heterocycles. The molecule has 1 aromatic carbocycles. The average Bonchev–Trinajstić information content (AvgIpc) is 2.71. The van der Waals surface area contributed by atoms with Crippen LogP contribution in [0, 0.1) is 13.8 Å². The lowest BCUT2D eigenvalue weighted by atomic mass is 9.99. The van der Waals surface area contributed by atoms with E-state index in [1.165, 1.54) is 0 Å². The third kappa shape index (κ3) is 2.77. The molecule has 1 atom stereocenters. The Morgan fingerprint density at radius 1 is 1.26 bits per heavy atom. The van der Waals surface area contributed by atoms with Crippen LogP contribution in [0.25, 0.3) is 0 Å². The van der Waals surface area contributed by atoms with Gasteiger partial charge in [-0.15, -0.1) is 0 Å². The summed E-state index contributed by atoms with van der Waals surface area (Å²) in [6.07, 6.45) is 0. The van der Waals surface area contributed by atoms with Crippen molar-refractivity contribution >= 4 is 11.6 Å². The van der Waals surface area contributed by atoms with Crippen molar-refractivity contribution in [3.63, 3.8) is 0 Å². The van der Waals surface area contributed by atoms with Crippen molar-refractivity contribution in [3.8, 4) is 5.75 Å². The molecule has 19 heavy (non-hydrogen) atoms.